The van der Waals surface area contributed by atoms with Gasteiger partial charge in [-0.3, -0.25) is 4.79 Å². The second kappa shape index (κ2) is 7.72. The van der Waals surface area contributed by atoms with Crippen LogP contribution in [0.2, 0.25) is 0 Å². The van der Waals surface area contributed by atoms with E-state index in [9.17, 15) is 4.79 Å². The summed E-state index contributed by atoms with van der Waals surface area (Å²) in [6.45, 7) is 3.11. The molecule has 0 saturated heterocycles. The molecule has 6 heteroatoms. The molecule has 0 aromatic heterocycles. The molecule has 0 fully saturated rings. The Morgan fingerprint density at radius 2 is 2.05 bits per heavy atom. The lowest BCUT2D eigenvalue weighted by molar-refractivity contribution is -0.116. The van der Waals surface area contributed by atoms with Crippen molar-refractivity contribution in [1.29, 1.82) is 0 Å². The van der Waals surface area contributed by atoms with Crippen molar-refractivity contribution in [3.63, 3.8) is 0 Å². The Bertz CT molecular complexity index is 451. The zero-order valence-electron chi connectivity index (χ0n) is 11.6. The Hall–Kier alpha value is -1.79. The zero-order valence-corrected chi connectivity index (χ0v) is 11.6. The first-order valence-electron chi connectivity index (χ1n) is 6.69. The molecule has 1 heterocycles. The van der Waals surface area contributed by atoms with Crippen molar-refractivity contribution in [3.8, 4) is 11.5 Å². The summed E-state index contributed by atoms with van der Waals surface area (Å²) < 4.78 is 15.8. The summed E-state index contributed by atoms with van der Waals surface area (Å²) in [5.74, 6) is 1.36. The first-order valence-corrected chi connectivity index (χ1v) is 6.69. The predicted molar refractivity (Wildman–Crippen MR) is 75.4 cm³/mol. The molecule has 2 rings (SSSR count). The summed E-state index contributed by atoms with van der Waals surface area (Å²) >= 11 is 0. The van der Waals surface area contributed by atoms with Gasteiger partial charge in [0.2, 0.25) is 5.91 Å². The molecule has 110 valence electrons. The largest absolute Gasteiger partial charge is 0.486 e. The smallest absolute Gasteiger partial charge is 0.225 e. The van der Waals surface area contributed by atoms with E-state index in [4.69, 9.17) is 14.2 Å². The number of carbonyl (C=O) groups is 1. The van der Waals surface area contributed by atoms with Gasteiger partial charge in [0.05, 0.1) is 6.61 Å². The molecule has 0 aliphatic carbocycles. The molecule has 0 atom stereocenters. The number of ether oxygens (including phenoxy) is 3. The van der Waals surface area contributed by atoms with Crippen LogP contribution in [0.5, 0.6) is 11.5 Å². The maximum atomic E-state index is 11.8. The molecule has 1 aliphatic rings. The Morgan fingerprint density at radius 1 is 1.25 bits per heavy atom. The summed E-state index contributed by atoms with van der Waals surface area (Å²) in [6.07, 6.45) is 0.415. The van der Waals surface area contributed by atoms with Gasteiger partial charge in [-0.15, -0.1) is 0 Å². The normalized spacial score (nSPS) is 13.1. The number of carbonyl (C=O) groups excluding carboxylic acids is 1. The van der Waals surface area contributed by atoms with E-state index >= 15 is 0 Å². The third-order valence-electron chi connectivity index (χ3n) is 2.84. The van der Waals surface area contributed by atoms with E-state index < -0.39 is 0 Å². The van der Waals surface area contributed by atoms with E-state index in [1.54, 1.807) is 19.2 Å². The number of amides is 1. The lowest BCUT2D eigenvalue weighted by atomic mass is 10.2. The van der Waals surface area contributed by atoms with E-state index in [1.165, 1.54) is 0 Å². The van der Waals surface area contributed by atoms with Gasteiger partial charge in [-0.1, -0.05) is 0 Å². The van der Waals surface area contributed by atoms with Crippen LogP contribution in [0.1, 0.15) is 6.42 Å². The highest BCUT2D eigenvalue weighted by molar-refractivity contribution is 5.91. The predicted octanol–water partition coefficient (Wildman–Crippen LogP) is 1.02. The third kappa shape index (κ3) is 4.40. The molecule has 2 N–H and O–H groups in total. The van der Waals surface area contributed by atoms with Crippen LogP contribution in [0, 0.1) is 0 Å². The summed E-state index contributed by atoms with van der Waals surface area (Å²) in [4.78, 5) is 11.8. The highest BCUT2D eigenvalue weighted by Gasteiger charge is 2.12. The molecular formula is C14H20N2O4. The van der Waals surface area contributed by atoms with Crippen molar-refractivity contribution in [2.24, 2.45) is 0 Å². The Balaban J connectivity index is 1.76. The standard InChI is InChI=1S/C14H20N2O4/c1-18-7-6-15-5-4-14(17)16-11-2-3-12-13(10-11)20-9-8-19-12/h2-3,10,15H,4-9H2,1H3,(H,16,17). The van der Waals surface area contributed by atoms with E-state index in [1.807, 2.05) is 6.07 Å². The van der Waals surface area contributed by atoms with Crippen LogP contribution in [0.3, 0.4) is 0 Å². The first-order chi connectivity index (χ1) is 9.79. The molecule has 0 unspecified atom stereocenters. The van der Waals surface area contributed by atoms with Crippen molar-refractivity contribution in [3.05, 3.63) is 18.2 Å². The Morgan fingerprint density at radius 3 is 2.85 bits per heavy atom. The van der Waals surface area contributed by atoms with Gasteiger partial charge in [-0.25, -0.2) is 0 Å². The van der Waals surface area contributed by atoms with Crippen molar-refractivity contribution in [1.82, 2.24) is 5.32 Å². The number of hydrogen-bond acceptors (Lipinski definition) is 5. The van der Waals surface area contributed by atoms with Crippen LogP contribution >= 0.6 is 0 Å². The second-order valence-corrected chi connectivity index (χ2v) is 4.40. The third-order valence-corrected chi connectivity index (χ3v) is 2.84. The fourth-order valence-electron chi connectivity index (χ4n) is 1.85. The molecule has 0 spiro atoms. The van der Waals surface area contributed by atoms with Crippen molar-refractivity contribution >= 4 is 11.6 Å². The van der Waals surface area contributed by atoms with Gasteiger partial charge in [0, 0.05) is 38.4 Å². The van der Waals surface area contributed by atoms with Crippen LogP contribution in [0.4, 0.5) is 5.69 Å². The second-order valence-electron chi connectivity index (χ2n) is 4.40. The van der Waals surface area contributed by atoms with Crippen LogP contribution in [0.15, 0.2) is 18.2 Å². The van der Waals surface area contributed by atoms with Gasteiger partial charge in [-0.2, -0.15) is 0 Å². The van der Waals surface area contributed by atoms with Gasteiger partial charge in [-0.05, 0) is 12.1 Å². The van der Waals surface area contributed by atoms with Crippen molar-refractivity contribution in [2.75, 3.05) is 45.3 Å². The fraction of sp³-hybridized carbons (Fsp3) is 0.500. The van der Waals surface area contributed by atoms with Crippen LogP contribution in [0.25, 0.3) is 0 Å². The number of hydrogen-bond donors (Lipinski definition) is 2. The summed E-state index contributed by atoms with van der Waals surface area (Å²) in [7, 11) is 1.65. The Labute approximate surface area is 118 Å². The monoisotopic (exact) mass is 280 g/mol. The molecule has 1 amide bonds. The Kier molecular flexibility index (Phi) is 5.64. The van der Waals surface area contributed by atoms with E-state index in [0.29, 0.717) is 38.5 Å². The fourth-order valence-corrected chi connectivity index (χ4v) is 1.85. The summed E-state index contributed by atoms with van der Waals surface area (Å²) in [5, 5.41) is 5.96. The van der Waals surface area contributed by atoms with Gasteiger partial charge >= 0.3 is 0 Å². The van der Waals surface area contributed by atoms with Crippen LogP contribution in [-0.4, -0.2) is 45.9 Å². The average Bonchev–Trinajstić information content (AvgIpc) is 2.47. The van der Waals surface area contributed by atoms with Gasteiger partial charge in [0.1, 0.15) is 13.2 Å². The molecule has 0 saturated carbocycles. The van der Waals surface area contributed by atoms with Crippen molar-refractivity contribution < 1.29 is 19.0 Å². The van der Waals surface area contributed by atoms with Gasteiger partial charge < -0.3 is 24.8 Å². The molecule has 1 aromatic carbocycles. The molecule has 0 radical (unpaired) electrons. The topological polar surface area (TPSA) is 68.8 Å². The number of anilines is 1. The number of benzene rings is 1. The van der Waals surface area contributed by atoms with Crippen LogP contribution in [-0.2, 0) is 9.53 Å². The zero-order chi connectivity index (χ0) is 14.2. The maximum absolute atomic E-state index is 11.8. The highest BCUT2D eigenvalue weighted by Crippen LogP contribution is 2.32. The lowest BCUT2D eigenvalue weighted by Crippen LogP contribution is -2.24. The lowest BCUT2D eigenvalue weighted by Gasteiger charge is -2.19. The van der Waals surface area contributed by atoms with E-state index in [0.717, 1.165) is 18.0 Å². The number of fused-ring (bicyclic) bond motifs is 1. The quantitative estimate of drug-likeness (QED) is 0.730. The van der Waals surface area contributed by atoms with E-state index in [-0.39, 0.29) is 5.91 Å². The molecule has 1 aromatic rings. The number of nitrogens with one attached hydrogen (secondary N) is 2. The van der Waals surface area contributed by atoms with Gasteiger partial charge in [0.15, 0.2) is 11.5 Å². The average molecular weight is 280 g/mol. The molecule has 6 nitrogen and oxygen atoms in total. The molecule has 0 bridgehead atoms. The summed E-state index contributed by atoms with van der Waals surface area (Å²) in [6, 6.07) is 5.40. The molecule has 20 heavy (non-hydrogen) atoms. The molecular weight excluding hydrogens is 260 g/mol. The number of methoxy groups -OCH3 is 1. The maximum Gasteiger partial charge on any atom is 0.225 e. The minimum absolute atomic E-state index is 0.0356. The highest BCUT2D eigenvalue weighted by atomic mass is 16.6. The minimum atomic E-state index is -0.0356. The first kappa shape index (κ1) is 14.6. The molecule has 1 aliphatic heterocycles. The van der Waals surface area contributed by atoms with Gasteiger partial charge in [0.25, 0.3) is 0 Å². The minimum Gasteiger partial charge on any atom is -0.486 e. The SMILES string of the molecule is COCCNCCC(=O)Nc1ccc2c(c1)OCCO2. The summed E-state index contributed by atoms with van der Waals surface area (Å²) in [5.41, 5.74) is 0.719. The van der Waals surface area contributed by atoms with Crippen LogP contribution < -0.4 is 20.1 Å². The number of rotatable bonds is 7. The van der Waals surface area contributed by atoms with E-state index in [2.05, 4.69) is 10.6 Å². The van der Waals surface area contributed by atoms with Crippen molar-refractivity contribution in [2.45, 2.75) is 6.42 Å².